The maximum Gasteiger partial charge on any atom is 0.249 e. The van der Waals surface area contributed by atoms with Gasteiger partial charge in [-0.15, -0.1) is 10.2 Å². The smallest absolute Gasteiger partial charge is 0.249 e. The number of hydrogen-bond acceptors (Lipinski definition) is 4. The Kier molecular flexibility index (Phi) is 6.16. The first kappa shape index (κ1) is 23.3. The highest BCUT2D eigenvalue weighted by atomic mass is 19.3. The molecule has 0 spiro atoms. The molecular formula is C25H32F3N5O. The second-order valence-corrected chi connectivity index (χ2v) is 10.3. The number of benzene rings is 1. The van der Waals surface area contributed by atoms with Crippen molar-refractivity contribution in [2.24, 2.45) is 5.92 Å². The standard InChI is InChI=1S/C25H32F3N5O/c1-15-30-31-16(2)33(15)22-11-20-6-7-21(12-22)32(20)9-8-23(17-4-3-5-19(26)10-17)29-24(34)18-13-25(27,28)14-18/h3-5,10,18,20-23H,6-9,11-14H2,1-2H3,(H,29,34)/t20-,21+,22?,23-/m0/s1. The molecule has 3 aliphatic rings. The minimum absolute atomic E-state index is 0.361. The number of carbonyl (C=O) groups is 1. The average Bonchev–Trinajstić information content (AvgIpc) is 3.22. The van der Waals surface area contributed by atoms with E-state index in [1.165, 1.54) is 12.1 Å². The summed E-state index contributed by atoms with van der Waals surface area (Å²) in [7, 11) is 0. The Morgan fingerprint density at radius 2 is 1.76 bits per heavy atom. The van der Waals surface area contributed by atoms with E-state index in [4.69, 9.17) is 0 Å². The Balaban J connectivity index is 1.26. The number of carbonyl (C=O) groups excluding carboxylic acids is 1. The van der Waals surface area contributed by atoms with Crippen molar-refractivity contribution in [3.8, 4) is 0 Å². The molecule has 3 heterocycles. The lowest BCUT2D eigenvalue weighted by Crippen LogP contribution is -2.47. The molecule has 2 saturated heterocycles. The van der Waals surface area contributed by atoms with Gasteiger partial charge < -0.3 is 9.88 Å². The Morgan fingerprint density at radius 3 is 2.35 bits per heavy atom. The Bertz CT molecular complexity index is 1020. The molecule has 2 aliphatic heterocycles. The topological polar surface area (TPSA) is 63.1 Å². The summed E-state index contributed by atoms with van der Waals surface area (Å²) < 4.78 is 42.8. The van der Waals surface area contributed by atoms with E-state index in [0.29, 0.717) is 30.1 Å². The maximum absolute atomic E-state index is 13.9. The van der Waals surface area contributed by atoms with Gasteiger partial charge in [-0.1, -0.05) is 12.1 Å². The molecule has 3 fully saturated rings. The van der Waals surface area contributed by atoms with Gasteiger partial charge in [0.1, 0.15) is 17.5 Å². The first-order valence-electron chi connectivity index (χ1n) is 12.3. The summed E-state index contributed by atoms with van der Waals surface area (Å²) >= 11 is 0. The van der Waals surface area contributed by atoms with Crippen LogP contribution in [0.5, 0.6) is 0 Å². The molecule has 2 bridgehead atoms. The lowest BCUT2D eigenvalue weighted by molar-refractivity contribution is -0.150. The quantitative estimate of drug-likeness (QED) is 0.641. The van der Waals surface area contributed by atoms with E-state index >= 15 is 0 Å². The third-order valence-corrected chi connectivity index (χ3v) is 7.97. The maximum atomic E-state index is 13.9. The number of amides is 1. The van der Waals surface area contributed by atoms with E-state index in [9.17, 15) is 18.0 Å². The number of piperidine rings is 1. The summed E-state index contributed by atoms with van der Waals surface area (Å²) in [6.07, 6.45) is 4.13. The monoisotopic (exact) mass is 475 g/mol. The molecule has 5 rings (SSSR count). The number of nitrogens with zero attached hydrogens (tertiary/aromatic N) is 4. The predicted octanol–water partition coefficient (Wildman–Crippen LogP) is 4.49. The van der Waals surface area contributed by atoms with E-state index in [0.717, 1.165) is 43.9 Å². The summed E-state index contributed by atoms with van der Waals surface area (Å²) in [6, 6.07) is 7.09. The molecule has 184 valence electrons. The van der Waals surface area contributed by atoms with Gasteiger partial charge in [-0.3, -0.25) is 9.69 Å². The van der Waals surface area contributed by atoms with Crippen molar-refractivity contribution < 1.29 is 18.0 Å². The minimum atomic E-state index is -2.75. The van der Waals surface area contributed by atoms with Crippen LogP contribution in [0.1, 0.15) is 74.2 Å². The molecule has 1 aromatic heterocycles. The van der Waals surface area contributed by atoms with Crippen LogP contribution in [-0.4, -0.2) is 50.1 Å². The number of alkyl halides is 2. The molecule has 1 aliphatic carbocycles. The zero-order chi connectivity index (χ0) is 24.0. The van der Waals surface area contributed by atoms with Crippen molar-refractivity contribution in [2.75, 3.05) is 6.54 Å². The number of fused-ring (bicyclic) bond motifs is 2. The molecule has 1 unspecified atom stereocenters. The van der Waals surface area contributed by atoms with Crippen molar-refractivity contribution in [3.63, 3.8) is 0 Å². The third kappa shape index (κ3) is 4.59. The number of halogens is 3. The van der Waals surface area contributed by atoms with Crippen LogP contribution >= 0.6 is 0 Å². The number of hydrogen-bond donors (Lipinski definition) is 1. The van der Waals surface area contributed by atoms with Crippen LogP contribution in [0.3, 0.4) is 0 Å². The van der Waals surface area contributed by atoms with Crippen LogP contribution < -0.4 is 5.32 Å². The van der Waals surface area contributed by atoms with Gasteiger partial charge in [0, 0.05) is 43.4 Å². The summed E-state index contributed by atoms with van der Waals surface area (Å²) in [6.45, 7) is 4.77. The van der Waals surface area contributed by atoms with Gasteiger partial charge >= 0.3 is 0 Å². The van der Waals surface area contributed by atoms with Gasteiger partial charge in [0.25, 0.3) is 0 Å². The second kappa shape index (κ2) is 8.98. The highest BCUT2D eigenvalue weighted by Gasteiger charge is 2.49. The molecule has 1 N–H and O–H groups in total. The highest BCUT2D eigenvalue weighted by Crippen LogP contribution is 2.43. The Morgan fingerprint density at radius 1 is 1.12 bits per heavy atom. The molecule has 1 aromatic carbocycles. The second-order valence-electron chi connectivity index (χ2n) is 10.3. The van der Waals surface area contributed by atoms with Gasteiger partial charge in [-0.2, -0.15) is 0 Å². The zero-order valence-electron chi connectivity index (χ0n) is 19.7. The number of aromatic nitrogens is 3. The fourth-order valence-electron chi connectivity index (χ4n) is 6.28. The lowest BCUT2D eigenvalue weighted by atomic mass is 9.80. The van der Waals surface area contributed by atoms with Crippen molar-refractivity contribution in [3.05, 3.63) is 47.3 Å². The van der Waals surface area contributed by atoms with E-state index in [-0.39, 0.29) is 11.7 Å². The normalized spacial score (nSPS) is 27.4. The highest BCUT2D eigenvalue weighted by molar-refractivity contribution is 5.80. The first-order valence-corrected chi connectivity index (χ1v) is 12.3. The van der Waals surface area contributed by atoms with Crippen molar-refractivity contribution in [2.45, 2.75) is 88.9 Å². The van der Waals surface area contributed by atoms with Gasteiger partial charge in [-0.25, -0.2) is 13.2 Å². The van der Waals surface area contributed by atoms with Gasteiger partial charge in [0.2, 0.25) is 11.8 Å². The number of aryl methyl sites for hydroxylation is 2. The van der Waals surface area contributed by atoms with Crippen LogP contribution in [0.4, 0.5) is 13.2 Å². The third-order valence-electron chi connectivity index (χ3n) is 7.97. The largest absolute Gasteiger partial charge is 0.349 e. The molecular weight excluding hydrogens is 443 g/mol. The first-order chi connectivity index (χ1) is 16.2. The predicted molar refractivity (Wildman–Crippen MR) is 121 cm³/mol. The lowest BCUT2D eigenvalue weighted by Gasteiger charge is -2.40. The van der Waals surface area contributed by atoms with Gasteiger partial charge in [0.05, 0.1) is 6.04 Å². The Labute approximate surface area is 197 Å². The van der Waals surface area contributed by atoms with Crippen molar-refractivity contribution in [1.82, 2.24) is 25.0 Å². The van der Waals surface area contributed by atoms with Crippen LogP contribution in [0.15, 0.2) is 24.3 Å². The fourth-order valence-corrected chi connectivity index (χ4v) is 6.28. The van der Waals surface area contributed by atoms with Gasteiger partial charge in [-0.05, 0) is 63.6 Å². The van der Waals surface area contributed by atoms with Crippen molar-refractivity contribution in [1.29, 1.82) is 0 Å². The Hall–Kier alpha value is -2.42. The van der Waals surface area contributed by atoms with Crippen LogP contribution in [-0.2, 0) is 4.79 Å². The van der Waals surface area contributed by atoms with Gasteiger partial charge in [0.15, 0.2) is 0 Å². The summed E-state index contributed by atoms with van der Waals surface area (Å²) in [5.74, 6) is -2.25. The molecule has 0 radical (unpaired) electrons. The summed E-state index contributed by atoms with van der Waals surface area (Å²) in [5.41, 5.74) is 0.678. The average molecular weight is 476 g/mol. The molecule has 34 heavy (non-hydrogen) atoms. The molecule has 2 aromatic rings. The van der Waals surface area contributed by atoms with E-state index in [2.05, 4.69) is 25.0 Å². The minimum Gasteiger partial charge on any atom is -0.349 e. The molecule has 1 amide bonds. The molecule has 6 nitrogen and oxygen atoms in total. The fraction of sp³-hybridized carbons (Fsp3) is 0.640. The van der Waals surface area contributed by atoms with Crippen molar-refractivity contribution >= 4 is 5.91 Å². The SMILES string of the molecule is Cc1nnc(C)n1C1C[C@H]2CC[C@@H](C1)N2CC[C@H](NC(=O)C1CC(F)(F)C1)c1cccc(F)c1. The molecule has 9 heteroatoms. The number of rotatable bonds is 7. The van der Waals surface area contributed by atoms with Crippen LogP contribution in [0, 0.1) is 25.6 Å². The molecule has 1 saturated carbocycles. The van der Waals surface area contributed by atoms with E-state index in [1.54, 1.807) is 12.1 Å². The molecule has 4 atom stereocenters. The zero-order valence-corrected chi connectivity index (χ0v) is 19.7. The van der Waals surface area contributed by atoms with E-state index in [1.807, 2.05) is 13.8 Å². The summed E-state index contributed by atoms with van der Waals surface area (Å²) in [4.78, 5) is 15.2. The van der Waals surface area contributed by atoms with Crippen LogP contribution in [0.2, 0.25) is 0 Å². The summed E-state index contributed by atoms with van der Waals surface area (Å²) in [5, 5.41) is 11.4. The van der Waals surface area contributed by atoms with E-state index < -0.39 is 30.7 Å². The van der Waals surface area contributed by atoms with Crippen LogP contribution in [0.25, 0.3) is 0 Å². The number of nitrogens with one attached hydrogen (secondary N) is 1.